The van der Waals surface area contributed by atoms with Crippen molar-refractivity contribution < 1.29 is 9.90 Å². The van der Waals surface area contributed by atoms with E-state index in [0.29, 0.717) is 5.82 Å². The van der Waals surface area contributed by atoms with Crippen molar-refractivity contribution in [3.63, 3.8) is 0 Å². The molecule has 0 atom stereocenters. The van der Waals surface area contributed by atoms with Crippen LogP contribution < -0.4 is 5.73 Å². The van der Waals surface area contributed by atoms with Crippen LogP contribution in [0.15, 0.2) is 12.1 Å². The van der Waals surface area contributed by atoms with Gasteiger partial charge in [-0.25, -0.2) is 4.79 Å². The summed E-state index contributed by atoms with van der Waals surface area (Å²) in [5.41, 5.74) is 5.32. The van der Waals surface area contributed by atoms with E-state index >= 15 is 0 Å². The topological polar surface area (TPSA) is 79.1 Å². The molecule has 0 unspecified atom stereocenters. The van der Waals surface area contributed by atoms with Crippen LogP contribution in [0.2, 0.25) is 0 Å². The summed E-state index contributed by atoms with van der Waals surface area (Å²) in [7, 11) is 0. The number of nitrogen functional groups attached to an aromatic ring is 1. The summed E-state index contributed by atoms with van der Waals surface area (Å²) in [4.78, 5) is 12.6. The van der Waals surface area contributed by atoms with E-state index in [2.05, 4.69) is 4.98 Å². The van der Waals surface area contributed by atoms with Gasteiger partial charge in [0, 0.05) is 0 Å². The number of hydrogen-bond acceptors (Lipinski definition) is 2. The van der Waals surface area contributed by atoms with Crippen molar-refractivity contribution in [2.45, 2.75) is 0 Å². The fourth-order valence-electron chi connectivity index (χ4n) is 0.537. The molecule has 4 heteroatoms. The molecule has 0 aromatic carbocycles. The van der Waals surface area contributed by atoms with Crippen LogP contribution in [0, 0.1) is 0 Å². The SMILES string of the molecule is Nc1ccc(C(=O)O)[nH]1. The number of nitrogens with two attached hydrogens (primary N) is 1. The molecule has 0 saturated heterocycles. The zero-order valence-electron chi connectivity index (χ0n) is 4.59. The number of carbonyl (C=O) groups is 1. The fourth-order valence-corrected chi connectivity index (χ4v) is 0.537. The Morgan fingerprint density at radius 1 is 1.67 bits per heavy atom. The number of H-pyrrole nitrogens is 1. The predicted molar refractivity (Wildman–Crippen MR) is 32.2 cm³/mol. The highest BCUT2D eigenvalue weighted by atomic mass is 16.4. The number of aromatic nitrogens is 1. The molecule has 0 amide bonds. The minimum atomic E-state index is -0.994. The van der Waals surface area contributed by atoms with Crippen molar-refractivity contribution in [1.82, 2.24) is 4.98 Å². The summed E-state index contributed by atoms with van der Waals surface area (Å²) < 4.78 is 0. The molecular weight excluding hydrogens is 120 g/mol. The van der Waals surface area contributed by atoms with E-state index < -0.39 is 5.97 Å². The van der Waals surface area contributed by atoms with Crippen LogP contribution >= 0.6 is 0 Å². The molecule has 0 radical (unpaired) electrons. The average Bonchev–Trinajstić information content (AvgIpc) is 2.14. The maximum absolute atomic E-state index is 10.1. The van der Waals surface area contributed by atoms with E-state index in [4.69, 9.17) is 10.8 Å². The maximum Gasteiger partial charge on any atom is 0.352 e. The number of hydrogen-bond donors (Lipinski definition) is 3. The number of anilines is 1. The predicted octanol–water partition coefficient (Wildman–Crippen LogP) is 0.295. The zero-order valence-corrected chi connectivity index (χ0v) is 4.59. The summed E-state index contributed by atoms with van der Waals surface area (Å²) in [6, 6.07) is 2.92. The number of carboxylic acids is 1. The average molecular weight is 126 g/mol. The molecule has 1 heterocycles. The fraction of sp³-hybridized carbons (Fsp3) is 0. The van der Waals surface area contributed by atoms with Crippen molar-refractivity contribution >= 4 is 11.8 Å². The van der Waals surface area contributed by atoms with E-state index in [9.17, 15) is 4.79 Å². The second kappa shape index (κ2) is 1.81. The molecule has 0 fully saturated rings. The van der Waals surface area contributed by atoms with Gasteiger partial charge in [-0.2, -0.15) is 0 Å². The number of nitrogens with one attached hydrogen (secondary N) is 1. The van der Waals surface area contributed by atoms with Gasteiger partial charge in [-0.3, -0.25) is 0 Å². The molecule has 0 bridgehead atoms. The third kappa shape index (κ3) is 1.02. The Balaban J connectivity index is 2.98. The molecule has 0 saturated carbocycles. The molecule has 0 aliphatic carbocycles. The van der Waals surface area contributed by atoms with Gasteiger partial charge in [-0.1, -0.05) is 0 Å². The molecule has 4 N–H and O–H groups in total. The van der Waals surface area contributed by atoms with Gasteiger partial charge in [0.05, 0.1) is 0 Å². The van der Waals surface area contributed by atoms with Gasteiger partial charge in [0.1, 0.15) is 11.5 Å². The van der Waals surface area contributed by atoms with Crippen LogP contribution in [0.4, 0.5) is 5.82 Å². The lowest BCUT2D eigenvalue weighted by atomic mass is 10.4. The summed E-state index contributed by atoms with van der Waals surface area (Å²) in [6.07, 6.45) is 0. The Kier molecular flexibility index (Phi) is 1.14. The molecule has 0 aliphatic heterocycles. The van der Waals surface area contributed by atoms with Gasteiger partial charge in [-0.15, -0.1) is 0 Å². The van der Waals surface area contributed by atoms with Crippen LogP contribution in [-0.2, 0) is 0 Å². The zero-order chi connectivity index (χ0) is 6.85. The van der Waals surface area contributed by atoms with Gasteiger partial charge < -0.3 is 15.8 Å². The van der Waals surface area contributed by atoms with Crippen LogP contribution in [0.1, 0.15) is 10.5 Å². The van der Waals surface area contributed by atoms with E-state index in [1.54, 1.807) is 0 Å². The lowest BCUT2D eigenvalue weighted by molar-refractivity contribution is 0.0691. The first kappa shape index (κ1) is 5.68. The number of rotatable bonds is 1. The Labute approximate surface area is 51.3 Å². The van der Waals surface area contributed by atoms with Gasteiger partial charge in [0.15, 0.2) is 0 Å². The highest BCUT2D eigenvalue weighted by Gasteiger charge is 2.01. The van der Waals surface area contributed by atoms with Crippen molar-refractivity contribution in [3.05, 3.63) is 17.8 Å². The first-order chi connectivity index (χ1) is 4.20. The van der Waals surface area contributed by atoms with E-state index in [1.165, 1.54) is 12.1 Å². The second-order valence-corrected chi connectivity index (χ2v) is 1.63. The van der Waals surface area contributed by atoms with Crippen LogP contribution in [-0.4, -0.2) is 16.1 Å². The molecule has 0 spiro atoms. The third-order valence-corrected chi connectivity index (χ3v) is 0.939. The standard InChI is InChI=1S/C5H6N2O2/c6-4-2-1-3(7-4)5(8)9/h1-2,7H,6H2,(H,8,9). The van der Waals surface area contributed by atoms with Crippen LogP contribution in [0.3, 0.4) is 0 Å². The monoisotopic (exact) mass is 126 g/mol. The smallest absolute Gasteiger partial charge is 0.352 e. The first-order valence-corrected chi connectivity index (χ1v) is 2.38. The second-order valence-electron chi connectivity index (χ2n) is 1.63. The molecule has 4 nitrogen and oxygen atoms in total. The van der Waals surface area contributed by atoms with E-state index in [1.807, 2.05) is 0 Å². The first-order valence-electron chi connectivity index (χ1n) is 2.38. The van der Waals surface area contributed by atoms with Gasteiger partial charge in [-0.05, 0) is 12.1 Å². The van der Waals surface area contributed by atoms with Crippen LogP contribution in [0.25, 0.3) is 0 Å². The van der Waals surface area contributed by atoms with Crippen molar-refractivity contribution in [1.29, 1.82) is 0 Å². The van der Waals surface area contributed by atoms with E-state index in [-0.39, 0.29) is 5.69 Å². The molecule has 0 aliphatic rings. The van der Waals surface area contributed by atoms with Gasteiger partial charge in [0.2, 0.25) is 0 Å². The Hall–Kier alpha value is -1.45. The Morgan fingerprint density at radius 3 is 2.56 bits per heavy atom. The number of aromatic amines is 1. The van der Waals surface area contributed by atoms with Crippen molar-refractivity contribution in [2.75, 3.05) is 5.73 Å². The van der Waals surface area contributed by atoms with Crippen molar-refractivity contribution in [2.24, 2.45) is 0 Å². The third-order valence-electron chi connectivity index (χ3n) is 0.939. The summed E-state index contributed by atoms with van der Waals surface area (Å²) in [5.74, 6) is -0.626. The maximum atomic E-state index is 10.1. The van der Waals surface area contributed by atoms with Gasteiger partial charge in [0.25, 0.3) is 0 Å². The normalized spacial score (nSPS) is 9.33. The molecular formula is C5H6N2O2. The summed E-state index contributed by atoms with van der Waals surface area (Å²) >= 11 is 0. The van der Waals surface area contributed by atoms with Crippen LogP contribution in [0.5, 0.6) is 0 Å². The Bertz CT molecular complexity index is 229. The molecule has 48 valence electrons. The lowest BCUT2D eigenvalue weighted by Gasteiger charge is -1.83. The quantitative estimate of drug-likeness (QED) is 0.506. The number of aromatic carboxylic acids is 1. The molecule has 9 heavy (non-hydrogen) atoms. The van der Waals surface area contributed by atoms with Gasteiger partial charge >= 0.3 is 5.97 Å². The Morgan fingerprint density at radius 2 is 2.33 bits per heavy atom. The highest BCUT2D eigenvalue weighted by Crippen LogP contribution is 2.01. The summed E-state index contributed by atoms with van der Waals surface area (Å²) in [6.45, 7) is 0. The largest absolute Gasteiger partial charge is 0.477 e. The highest BCUT2D eigenvalue weighted by molar-refractivity contribution is 5.86. The minimum absolute atomic E-state index is 0.118. The van der Waals surface area contributed by atoms with Crippen molar-refractivity contribution in [3.8, 4) is 0 Å². The lowest BCUT2D eigenvalue weighted by Crippen LogP contribution is -1.96. The molecule has 1 rings (SSSR count). The number of carboxylic acid groups (broad SMARTS) is 1. The minimum Gasteiger partial charge on any atom is -0.477 e. The summed E-state index contributed by atoms with van der Waals surface area (Å²) in [5, 5.41) is 8.31. The molecule has 1 aromatic heterocycles. The van der Waals surface area contributed by atoms with E-state index in [0.717, 1.165) is 0 Å². The molecule has 1 aromatic rings.